The Bertz CT molecular complexity index is 683. The van der Waals surface area contributed by atoms with E-state index in [9.17, 15) is 9.59 Å². The van der Waals surface area contributed by atoms with E-state index in [1.54, 1.807) is 22.9 Å². The number of nitrogens with zero attached hydrogens (tertiary/aromatic N) is 1. The summed E-state index contributed by atoms with van der Waals surface area (Å²) < 4.78 is 1.67. The predicted molar refractivity (Wildman–Crippen MR) is 98.5 cm³/mol. The first kappa shape index (κ1) is 19.9. The van der Waals surface area contributed by atoms with Gasteiger partial charge in [0, 0.05) is 25.2 Å². The molecule has 0 radical (unpaired) electrons. The highest BCUT2D eigenvalue weighted by molar-refractivity contribution is 5.85. The fourth-order valence-corrected chi connectivity index (χ4v) is 2.27. The summed E-state index contributed by atoms with van der Waals surface area (Å²) in [7, 11) is 1.88. The van der Waals surface area contributed by atoms with Crippen LogP contribution in [0.1, 0.15) is 24.0 Å². The summed E-state index contributed by atoms with van der Waals surface area (Å²) in [6.07, 6.45) is 3.16. The molecule has 0 aliphatic carbocycles. The van der Waals surface area contributed by atoms with E-state index in [2.05, 4.69) is 10.6 Å². The topological polar surface area (TPSA) is 63.1 Å². The Balaban J connectivity index is 0.00000288. The maximum absolute atomic E-state index is 11.7. The fraction of sp³-hybridized carbons (Fsp3) is 0.333. The Morgan fingerprint density at radius 1 is 1.08 bits per heavy atom. The zero-order valence-electron chi connectivity index (χ0n) is 13.8. The molecule has 130 valence electrons. The highest BCUT2D eigenvalue weighted by atomic mass is 35.5. The summed E-state index contributed by atoms with van der Waals surface area (Å²) in [5, 5.41) is 5.94. The lowest BCUT2D eigenvalue weighted by Gasteiger charge is -2.08. The summed E-state index contributed by atoms with van der Waals surface area (Å²) in [6.45, 7) is 1.93. The smallest absolute Gasteiger partial charge is 0.250 e. The SMILES string of the molecule is CNCCCC(=O)NCc1ccc(Cn2ccccc2=O)cc1.Cl. The molecular weight excluding hydrogens is 326 g/mol. The van der Waals surface area contributed by atoms with Gasteiger partial charge in [0.05, 0.1) is 6.54 Å². The molecule has 0 saturated carbocycles. The molecule has 0 aliphatic rings. The Hall–Kier alpha value is -2.11. The van der Waals surface area contributed by atoms with Crippen molar-refractivity contribution in [2.24, 2.45) is 0 Å². The third-order valence-electron chi connectivity index (χ3n) is 3.60. The number of amides is 1. The van der Waals surface area contributed by atoms with E-state index in [0.29, 0.717) is 19.5 Å². The average molecular weight is 350 g/mol. The van der Waals surface area contributed by atoms with E-state index in [-0.39, 0.29) is 23.9 Å². The first-order valence-electron chi connectivity index (χ1n) is 7.83. The molecule has 2 aromatic rings. The van der Waals surface area contributed by atoms with Crippen molar-refractivity contribution in [3.05, 3.63) is 70.1 Å². The van der Waals surface area contributed by atoms with Crippen LogP contribution in [0.3, 0.4) is 0 Å². The van der Waals surface area contributed by atoms with Crippen molar-refractivity contribution < 1.29 is 4.79 Å². The van der Waals surface area contributed by atoms with Gasteiger partial charge in [-0.25, -0.2) is 0 Å². The third kappa shape index (κ3) is 6.56. The van der Waals surface area contributed by atoms with Gasteiger partial charge < -0.3 is 15.2 Å². The number of hydrogen-bond acceptors (Lipinski definition) is 3. The van der Waals surface area contributed by atoms with Crippen LogP contribution < -0.4 is 16.2 Å². The van der Waals surface area contributed by atoms with E-state index in [0.717, 1.165) is 24.1 Å². The van der Waals surface area contributed by atoms with Crippen LogP contribution in [0.4, 0.5) is 0 Å². The molecule has 6 heteroatoms. The van der Waals surface area contributed by atoms with Gasteiger partial charge in [-0.1, -0.05) is 30.3 Å². The van der Waals surface area contributed by atoms with Crippen LogP contribution >= 0.6 is 12.4 Å². The molecule has 0 saturated heterocycles. The quantitative estimate of drug-likeness (QED) is 0.716. The van der Waals surface area contributed by atoms with E-state index in [1.165, 1.54) is 0 Å². The average Bonchev–Trinajstić information content (AvgIpc) is 2.56. The second-order valence-corrected chi connectivity index (χ2v) is 5.47. The van der Waals surface area contributed by atoms with Crippen LogP contribution in [0.25, 0.3) is 0 Å². The molecular formula is C18H24ClN3O2. The van der Waals surface area contributed by atoms with Crippen molar-refractivity contribution in [1.82, 2.24) is 15.2 Å². The normalized spacial score (nSPS) is 10.0. The van der Waals surface area contributed by atoms with Crippen LogP contribution in [-0.4, -0.2) is 24.1 Å². The van der Waals surface area contributed by atoms with Crippen molar-refractivity contribution in [2.75, 3.05) is 13.6 Å². The summed E-state index contributed by atoms with van der Waals surface area (Å²) in [5.41, 5.74) is 2.10. The van der Waals surface area contributed by atoms with Gasteiger partial charge in [0.15, 0.2) is 0 Å². The Morgan fingerprint density at radius 3 is 2.46 bits per heavy atom. The monoisotopic (exact) mass is 349 g/mol. The molecule has 1 aromatic carbocycles. The van der Waals surface area contributed by atoms with Crippen LogP contribution in [0.15, 0.2) is 53.5 Å². The van der Waals surface area contributed by atoms with E-state index in [1.807, 2.05) is 37.4 Å². The van der Waals surface area contributed by atoms with Crippen LogP contribution in [-0.2, 0) is 17.9 Å². The molecule has 1 heterocycles. The number of pyridine rings is 1. The Morgan fingerprint density at radius 2 is 1.79 bits per heavy atom. The van der Waals surface area contributed by atoms with E-state index in [4.69, 9.17) is 0 Å². The summed E-state index contributed by atoms with van der Waals surface area (Å²) in [4.78, 5) is 23.3. The Kier molecular flexibility index (Phi) is 8.83. The number of carbonyl (C=O) groups excluding carboxylic acids is 1. The van der Waals surface area contributed by atoms with Gasteiger partial charge in [0.2, 0.25) is 5.91 Å². The van der Waals surface area contributed by atoms with Crippen molar-refractivity contribution in [2.45, 2.75) is 25.9 Å². The number of halogens is 1. The van der Waals surface area contributed by atoms with Gasteiger partial charge in [-0.2, -0.15) is 0 Å². The first-order chi connectivity index (χ1) is 11.2. The molecule has 2 N–H and O–H groups in total. The number of nitrogens with one attached hydrogen (secondary N) is 2. The molecule has 24 heavy (non-hydrogen) atoms. The highest BCUT2D eigenvalue weighted by Crippen LogP contribution is 2.06. The zero-order valence-corrected chi connectivity index (χ0v) is 14.6. The number of hydrogen-bond donors (Lipinski definition) is 2. The molecule has 1 aromatic heterocycles. The molecule has 0 unspecified atom stereocenters. The standard InChI is InChI=1S/C18H23N3O2.ClH/c1-19-11-4-5-17(22)20-13-15-7-9-16(10-8-15)14-21-12-3-2-6-18(21)23;/h2-3,6-10,12,19H,4-5,11,13-14H2,1H3,(H,20,22);1H. The van der Waals surface area contributed by atoms with Crippen molar-refractivity contribution >= 4 is 18.3 Å². The van der Waals surface area contributed by atoms with Gasteiger partial charge in [0.25, 0.3) is 5.56 Å². The zero-order chi connectivity index (χ0) is 16.5. The first-order valence-corrected chi connectivity index (χ1v) is 7.83. The molecule has 0 aliphatic heterocycles. The van der Waals surface area contributed by atoms with Gasteiger partial charge in [-0.15, -0.1) is 12.4 Å². The summed E-state index contributed by atoms with van der Waals surface area (Å²) in [6, 6.07) is 13.1. The number of aromatic nitrogens is 1. The van der Waals surface area contributed by atoms with Gasteiger partial charge in [-0.05, 0) is 37.2 Å². The summed E-state index contributed by atoms with van der Waals surface area (Å²) in [5.74, 6) is 0.0696. The molecule has 0 spiro atoms. The number of benzene rings is 1. The minimum absolute atomic E-state index is 0. The number of carbonyl (C=O) groups is 1. The maximum Gasteiger partial charge on any atom is 0.250 e. The molecule has 2 rings (SSSR count). The molecule has 5 nitrogen and oxygen atoms in total. The minimum atomic E-state index is -0.00888. The van der Waals surface area contributed by atoms with Crippen molar-refractivity contribution in [3.63, 3.8) is 0 Å². The van der Waals surface area contributed by atoms with Crippen LogP contribution in [0.2, 0.25) is 0 Å². The third-order valence-corrected chi connectivity index (χ3v) is 3.60. The largest absolute Gasteiger partial charge is 0.352 e. The second kappa shape index (κ2) is 10.6. The fourth-order valence-electron chi connectivity index (χ4n) is 2.27. The van der Waals surface area contributed by atoms with Crippen molar-refractivity contribution in [3.8, 4) is 0 Å². The molecule has 0 bridgehead atoms. The number of rotatable bonds is 8. The lowest BCUT2D eigenvalue weighted by atomic mass is 10.1. The lowest BCUT2D eigenvalue weighted by Crippen LogP contribution is -2.23. The maximum atomic E-state index is 11.7. The van der Waals surface area contributed by atoms with Gasteiger partial charge in [-0.3, -0.25) is 9.59 Å². The molecule has 0 atom stereocenters. The van der Waals surface area contributed by atoms with Crippen LogP contribution in [0.5, 0.6) is 0 Å². The van der Waals surface area contributed by atoms with E-state index >= 15 is 0 Å². The summed E-state index contributed by atoms with van der Waals surface area (Å²) >= 11 is 0. The van der Waals surface area contributed by atoms with Gasteiger partial charge >= 0.3 is 0 Å². The predicted octanol–water partition coefficient (Wildman–Crippen LogP) is 1.93. The lowest BCUT2D eigenvalue weighted by molar-refractivity contribution is -0.121. The molecule has 1 amide bonds. The highest BCUT2D eigenvalue weighted by Gasteiger charge is 2.02. The van der Waals surface area contributed by atoms with Crippen molar-refractivity contribution in [1.29, 1.82) is 0 Å². The van der Waals surface area contributed by atoms with Crippen LogP contribution in [0, 0.1) is 0 Å². The van der Waals surface area contributed by atoms with Gasteiger partial charge in [0.1, 0.15) is 0 Å². The molecule has 0 fully saturated rings. The minimum Gasteiger partial charge on any atom is -0.352 e. The second-order valence-electron chi connectivity index (χ2n) is 5.47. The Labute approximate surface area is 148 Å². The van der Waals surface area contributed by atoms with E-state index < -0.39 is 0 Å².